The minimum atomic E-state index is -0.589. The monoisotopic (exact) mass is 259 g/mol. The maximum Gasteiger partial charge on any atom is 0.231 e. The highest BCUT2D eigenvalue weighted by molar-refractivity contribution is 5.85. The molecule has 0 saturated carbocycles. The molecule has 2 heterocycles. The van der Waals surface area contributed by atoms with Crippen LogP contribution in [0.1, 0.15) is 17.2 Å². The van der Waals surface area contributed by atoms with Crippen LogP contribution in [-0.2, 0) is 6.54 Å². The molecule has 1 aromatic rings. The Morgan fingerprint density at radius 1 is 1.41 bits per heavy atom. The van der Waals surface area contributed by atoms with Gasteiger partial charge >= 0.3 is 0 Å². The number of halogens is 1. The molecule has 2 aliphatic rings. The fraction of sp³-hybridized carbons (Fsp3) is 0.455. The first-order valence-corrected chi connectivity index (χ1v) is 5.17. The third-order valence-corrected chi connectivity index (χ3v) is 3.05. The average molecular weight is 260 g/mol. The lowest BCUT2D eigenvalue weighted by atomic mass is 9.96. The molecule has 0 aromatic heterocycles. The standard InChI is InChI=1S/C11H13NO4.ClH/c1-12-3-7-6(8(13)4-12)2-9-11(10(7)14)16-5-15-9;/h2,8,13-14H,3-5H2,1H3;1H. The predicted molar refractivity (Wildman–Crippen MR) is 62.8 cm³/mol. The zero-order valence-corrected chi connectivity index (χ0v) is 10.2. The number of rotatable bonds is 0. The molecular formula is C11H14ClNO4. The van der Waals surface area contributed by atoms with Gasteiger partial charge in [-0.05, 0) is 18.7 Å². The molecule has 94 valence electrons. The van der Waals surface area contributed by atoms with Gasteiger partial charge in [-0.2, -0.15) is 0 Å². The molecule has 1 unspecified atom stereocenters. The Labute approximate surface area is 105 Å². The van der Waals surface area contributed by atoms with Crippen LogP contribution in [0.15, 0.2) is 6.07 Å². The Bertz CT molecular complexity index is 452. The molecule has 3 rings (SSSR count). The number of phenols is 1. The SMILES string of the molecule is CN1Cc2c(cc3c(c2O)OCO3)C(O)C1.Cl. The third-order valence-electron chi connectivity index (χ3n) is 3.05. The van der Waals surface area contributed by atoms with Gasteiger partial charge in [0.2, 0.25) is 12.5 Å². The lowest BCUT2D eigenvalue weighted by Crippen LogP contribution is -2.30. The van der Waals surface area contributed by atoms with Gasteiger partial charge in [0.25, 0.3) is 0 Å². The number of hydrogen-bond donors (Lipinski definition) is 2. The molecule has 1 atom stereocenters. The Morgan fingerprint density at radius 2 is 2.18 bits per heavy atom. The zero-order valence-electron chi connectivity index (χ0n) is 9.34. The molecule has 0 radical (unpaired) electrons. The molecule has 0 aliphatic carbocycles. The second kappa shape index (κ2) is 4.25. The Kier molecular flexibility index (Phi) is 3.07. The van der Waals surface area contributed by atoms with Crippen LogP contribution in [-0.4, -0.2) is 35.5 Å². The summed E-state index contributed by atoms with van der Waals surface area (Å²) in [5.41, 5.74) is 1.46. The van der Waals surface area contributed by atoms with Crippen LogP contribution in [0.5, 0.6) is 17.2 Å². The fourth-order valence-corrected chi connectivity index (χ4v) is 2.27. The van der Waals surface area contributed by atoms with Crippen molar-refractivity contribution in [2.45, 2.75) is 12.6 Å². The second-order valence-corrected chi connectivity index (χ2v) is 4.24. The van der Waals surface area contributed by atoms with Gasteiger partial charge in [0.15, 0.2) is 11.5 Å². The summed E-state index contributed by atoms with van der Waals surface area (Å²) >= 11 is 0. The number of hydrogen-bond acceptors (Lipinski definition) is 5. The molecule has 0 fully saturated rings. The zero-order chi connectivity index (χ0) is 11.3. The van der Waals surface area contributed by atoms with Crippen molar-refractivity contribution in [1.82, 2.24) is 4.90 Å². The van der Waals surface area contributed by atoms with E-state index in [2.05, 4.69) is 0 Å². The Morgan fingerprint density at radius 3 is 2.94 bits per heavy atom. The van der Waals surface area contributed by atoms with Crippen LogP contribution in [0.2, 0.25) is 0 Å². The Hall–Kier alpha value is -1.17. The van der Waals surface area contributed by atoms with Crippen LogP contribution < -0.4 is 9.47 Å². The van der Waals surface area contributed by atoms with Gasteiger partial charge in [-0.25, -0.2) is 0 Å². The smallest absolute Gasteiger partial charge is 0.231 e. The van der Waals surface area contributed by atoms with Crippen LogP contribution in [0.25, 0.3) is 0 Å². The largest absolute Gasteiger partial charge is 0.504 e. The van der Waals surface area contributed by atoms with E-state index in [1.165, 1.54) is 0 Å². The minimum Gasteiger partial charge on any atom is -0.504 e. The quantitative estimate of drug-likeness (QED) is 0.729. The summed E-state index contributed by atoms with van der Waals surface area (Å²) in [6, 6.07) is 1.76. The van der Waals surface area contributed by atoms with Crippen molar-refractivity contribution in [3.8, 4) is 17.2 Å². The highest BCUT2D eigenvalue weighted by atomic mass is 35.5. The molecule has 2 aliphatic heterocycles. The van der Waals surface area contributed by atoms with Gasteiger partial charge in [0, 0.05) is 18.7 Å². The minimum absolute atomic E-state index is 0. The number of ether oxygens (including phenoxy) is 2. The van der Waals surface area contributed by atoms with E-state index >= 15 is 0 Å². The number of aromatic hydroxyl groups is 1. The maximum absolute atomic E-state index is 10.0. The molecule has 2 N–H and O–H groups in total. The van der Waals surface area contributed by atoms with Gasteiger partial charge < -0.3 is 19.7 Å². The molecular weight excluding hydrogens is 246 g/mol. The van der Waals surface area contributed by atoms with Crippen molar-refractivity contribution in [3.63, 3.8) is 0 Å². The molecule has 0 spiro atoms. The highest BCUT2D eigenvalue weighted by Gasteiger charge is 2.30. The molecule has 17 heavy (non-hydrogen) atoms. The van der Waals surface area contributed by atoms with E-state index in [9.17, 15) is 10.2 Å². The Balaban J connectivity index is 0.00000108. The molecule has 0 saturated heterocycles. The van der Waals surface area contributed by atoms with Gasteiger partial charge in [-0.1, -0.05) is 0 Å². The normalized spacial score (nSPS) is 21.9. The van der Waals surface area contributed by atoms with Crippen molar-refractivity contribution >= 4 is 12.4 Å². The van der Waals surface area contributed by atoms with Crippen molar-refractivity contribution in [2.24, 2.45) is 0 Å². The first-order valence-electron chi connectivity index (χ1n) is 5.17. The fourth-order valence-electron chi connectivity index (χ4n) is 2.27. The summed E-state index contributed by atoms with van der Waals surface area (Å²) in [5.74, 6) is 0.997. The van der Waals surface area contributed by atoms with Gasteiger partial charge in [0.1, 0.15) is 0 Å². The van der Waals surface area contributed by atoms with E-state index < -0.39 is 6.10 Å². The van der Waals surface area contributed by atoms with Crippen molar-refractivity contribution in [3.05, 3.63) is 17.2 Å². The highest BCUT2D eigenvalue weighted by Crippen LogP contribution is 2.47. The number of likely N-dealkylation sites (N-methyl/N-ethyl adjacent to an activating group) is 1. The summed E-state index contributed by atoms with van der Waals surface area (Å²) in [5, 5.41) is 20.0. The number of phenolic OH excluding ortho intramolecular Hbond substituents is 1. The van der Waals surface area contributed by atoms with Crippen LogP contribution in [0.4, 0.5) is 0 Å². The number of nitrogens with zero attached hydrogens (tertiary/aromatic N) is 1. The summed E-state index contributed by atoms with van der Waals surface area (Å²) in [6.45, 7) is 1.29. The summed E-state index contributed by atoms with van der Waals surface area (Å²) < 4.78 is 10.4. The van der Waals surface area contributed by atoms with E-state index in [1.807, 2.05) is 11.9 Å². The topological polar surface area (TPSA) is 62.2 Å². The molecule has 1 aromatic carbocycles. The number of benzene rings is 1. The summed E-state index contributed by atoms with van der Waals surface area (Å²) in [7, 11) is 1.90. The number of aliphatic hydroxyl groups is 1. The maximum atomic E-state index is 10.0. The van der Waals surface area contributed by atoms with E-state index in [0.717, 1.165) is 11.1 Å². The first kappa shape index (κ1) is 12.3. The number of β-amino-alcohol motifs (C(OH)–C–C–N with tert-alkyl or cyclic N) is 1. The molecule has 5 nitrogen and oxygen atoms in total. The van der Waals surface area contributed by atoms with Crippen LogP contribution in [0.3, 0.4) is 0 Å². The summed E-state index contributed by atoms with van der Waals surface area (Å²) in [6.07, 6.45) is -0.589. The predicted octanol–water partition coefficient (Wildman–Crippen LogP) is 1.02. The van der Waals surface area contributed by atoms with Crippen molar-refractivity contribution in [2.75, 3.05) is 20.4 Å². The average Bonchev–Trinajstić information content (AvgIpc) is 2.68. The summed E-state index contributed by atoms with van der Waals surface area (Å²) in [4.78, 5) is 1.95. The lowest BCUT2D eigenvalue weighted by molar-refractivity contribution is 0.106. The lowest BCUT2D eigenvalue weighted by Gasteiger charge is -2.29. The number of aliphatic hydroxyl groups excluding tert-OH is 1. The van der Waals surface area contributed by atoms with Gasteiger partial charge in [0.05, 0.1) is 6.10 Å². The van der Waals surface area contributed by atoms with E-state index in [4.69, 9.17) is 9.47 Å². The van der Waals surface area contributed by atoms with E-state index in [1.54, 1.807) is 6.07 Å². The van der Waals surface area contributed by atoms with Crippen LogP contribution >= 0.6 is 12.4 Å². The second-order valence-electron chi connectivity index (χ2n) is 4.24. The van der Waals surface area contributed by atoms with E-state index in [-0.39, 0.29) is 24.9 Å². The van der Waals surface area contributed by atoms with Crippen LogP contribution in [0, 0.1) is 0 Å². The number of fused-ring (bicyclic) bond motifs is 2. The van der Waals surface area contributed by atoms with Gasteiger partial charge in [-0.3, -0.25) is 4.90 Å². The van der Waals surface area contributed by atoms with Crippen molar-refractivity contribution < 1.29 is 19.7 Å². The first-order chi connectivity index (χ1) is 7.66. The third kappa shape index (κ3) is 1.80. The molecule has 0 bridgehead atoms. The molecule has 0 amide bonds. The van der Waals surface area contributed by atoms with Crippen molar-refractivity contribution in [1.29, 1.82) is 0 Å². The van der Waals surface area contributed by atoms with Gasteiger partial charge in [-0.15, -0.1) is 12.4 Å². The van der Waals surface area contributed by atoms with E-state index in [0.29, 0.717) is 24.6 Å². The molecule has 6 heteroatoms.